The molecule has 140 valence electrons. The number of carbonyl (C=O) groups is 1. The van der Waals surface area contributed by atoms with E-state index in [0.29, 0.717) is 39.7 Å². The fourth-order valence-electron chi connectivity index (χ4n) is 3.04. The molecule has 0 aliphatic heterocycles. The van der Waals surface area contributed by atoms with Gasteiger partial charge in [0.25, 0.3) is 0 Å². The van der Waals surface area contributed by atoms with Crippen molar-refractivity contribution >= 4 is 27.8 Å². The summed E-state index contributed by atoms with van der Waals surface area (Å²) in [6.45, 7) is 0. The van der Waals surface area contributed by atoms with E-state index in [1.54, 1.807) is 42.5 Å². The number of aromatic nitrogens is 1. The van der Waals surface area contributed by atoms with Gasteiger partial charge in [-0.2, -0.15) is 4.39 Å². The molecular weight excluding hydrogens is 371 g/mol. The van der Waals surface area contributed by atoms with Gasteiger partial charge in [-0.15, -0.1) is 0 Å². The molecule has 28 heavy (non-hydrogen) atoms. The van der Waals surface area contributed by atoms with Gasteiger partial charge in [-0.25, -0.2) is 18.6 Å². The SMILES string of the molecule is COc1cccc2nc3ccccc3c(C(=O)Oc3c(F)ccc(F)c3F)c12. The number of nitrogens with zero attached hydrogens (tertiary/aromatic N) is 1. The smallest absolute Gasteiger partial charge is 0.345 e. The minimum absolute atomic E-state index is 0.0149. The minimum Gasteiger partial charge on any atom is -0.496 e. The van der Waals surface area contributed by atoms with Crippen molar-refractivity contribution < 1.29 is 27.4 Å². The molecule has 7 heteroatoms. The summed E-state index contributed by atoms with van der Waals surface area (Å²) in [6, 6.07) is 13.0. The number of para-hydroxylation sites is 1. The van der Waals surface area contributed by atoms with Crippen LogP contribution in [-0.2, 0) is 0 Å². The van der Waals surface area contributed by atoms with Gasteiger partial charge in [0.05, 0.1) is 29.1 Å². The van der Waals surface area contributed by atoms with Gasteiger partial charge in [0.1, 0.15) is 5.75 Å². The van der Waals surface area contributed by atoms with Crippen molar-refractivity contribution in [1.29, 1.82) is 0 Å². The summed E-state index contributed by atoms with van der Waals surface area (Å²) in [6.07, 6.45) is 0. The van der Waals surface area contributed by atoms with E-state index >= 15 is 0 Å². The van der Waals surface area contributed by atoms with E-state index in [-0.39, 0.29) is 5.56 Å². The van der Waals surface area contributed by atoms with Crippen LogP contribution < -0.4 is 9.47 Å². The van der Waals surface area contributed by atoms with Crippen LogP contribution in [0.25, 0.3) is 21.8 Å². The summed E-state index contributed by atoms with van der Waals surface area (Å²) in [4.78, 5) is 17.5. The molecule has 0 aliphatic rings. The van der Waals surface area contributed by atoms with E-state index in [0.717, 1.165) is 0 Å². The number of rotatable bonds is 3. The molecule has 4 nitrogen and oxygen atoms in total. The molecule has 0 radical (unpaired) electrons. The first kappa shape index (κ1) is 17.8. The molecule has 3 aromatic carbocycles. The number of carbonyl (C=O) groups excluding carboxylic acids is 1. The number of hydrogen-bond donors (Lipinski definition) is 0. The number of benzene rings is 3. The maximum absolute atomic E-state index is 14.0. The van der Waals surface area contributed by atoms with E-state index in [2.05, 4.69) is 4.98 Å². The number of fused-ring (bicyclic) bond motifs is 2. The highest BCUT2D eigenvalue weighted by atomic mass is 19.2. The molecule has 4 aromatic rings. The van der Waals surface area contributed by atoms with Gasteiger partial charge in [0, 0.05) is 5.39 Å². The van der Waals surface area contributed by atoms with Crippen LogP contribution in [0.15, 0.2) is 54.6 Å². The lowest BCUT2D eigenvalue weighted by Gasteiger charge is -2.13. The van der Waals surface area contributed by atoms with Crippen LogP contribution in [0.2, 0.25) is 0 Å². The predicted octanol–water partition coefficient (Wildman–Crippen LogP) is 5.03. The Balaban J connectivity index is 1.99. The van der Waals surface area contributed by atoms with Gasteiger partial charge in [-0.1, -0.05) is 24.3 Å². The van der Waals surface area contributed by atoms with E-state index in [9.17, 15) is 18.0 Å². The molecular formula is C21H12F3NO3. The van der Waals surface area contributed by atoms with Gasteiger partial charge in [0.15, 0.2) is 11.6 Å². The lowest BCUT2D eigenvalue weighted by molar-refractivity contribution is 0.0722. The first-order chi connectivity index (χ1) is 13.5. The molecule has 0 N–H and O–H groups in total. The summed E-state index contributed by atoms with van der Waals surface area (Å²) < 4.78 is 51.7. The zero-order valence-electron chi connectivity index (χ0n) is 14.5. The van der Waals surface area contributed by atoms with Gasteiger partial charge in [-0.3, -0.25) is 0 Å². The fraction of sp³-hybridized carbons (Fsp3) is 0.0476. The second-order valence-electron chi connectivity index (χ2n) is 5.92. The molecule has 0 aliphatic carbocycles. The van der Waals surface area contributed by atoms with Crippen molar-refractivity contribution in [2.24, 2.45) is 0 Å². The minimum atomic E-state index is -1.58. The molecule has 0 bridgehead atoms. The Bertz CT molecular complexity index is 1240. The van der Waals surface area contributed by atoms with Crippen molar-refractivity contribution in [3.63, 3.8) is 0 Å². The zero-order valence-corrected chi connectivity index (χ0v) is 14.5. The van der Waals surface area contributed by atoms with Gasteiger partial charge in [-0.05, 0) is 30.3 Å². The Morgan fingerprint density at radius 1 is 0.893 bits per heavy atom. The Morgan fingerprint density at radius 3 is 2.39 bits per heavy atom. The lowest BCUT2D eigenvalue weighted by atomic mass is 10.0. The maximum atomic E-state index is 14.0. The molecule has 4 rings (SSSR count). The molecule has 0 fully saturated rings. The first-order valence-electron chi connectivity index (χ1n) is 8.22. The molecule has 0 unspecified atom stereocenters. The number of methoxy groups -OCH3 is 1. The van der Waals surface area contributed by atoms with Crippen molar-refractivity contribution in [3.8, 4) is 11.5 Å². The summed E-state index contributed by atoms with van der Waals surface area (Å²) in [5.41, 5.74) is 0.932. The van der Waals surface area contributed by atoms with Crippen LogP contribution in [0.1, 0.15) is 10.4 Å². The van der Waals surface area contributed by atoms with Crippen LogP contribution in [0.3, 0.4) is 0 Å². The molecule has 0 spiro atoms. The quantitative estimate of drug-likeness (QED) is 0.215. The summed E-state index contributed by atoms with van der Waals surface area (Å²) in [5, 5.41) is 0.729. The molecule has 0 saturated carbocycles. The van der Waals surface area contributed by atoms with E-state index in [4.69, 9.17) is 9.47 Å². The standard InChI is InChI=1S/C21H12F3NO3/c1-27-16-8-4-7-15-18(16)17(11-5-2-3-6-14(11)25-15)21(26)28-20-13(23)10-9-12(22)19(20)24/h2-10H,1H3. The largest absolute Gasteiger partial charge is 0.496 e. The topological polar surface area (TPSA) is 48.4 Å². The third-order valence-corrected chi connectivity index (χ3v) is 4.29. The number of hydrogen-bond acceptors (Lipinski definition) is 4. The molecule has 1 aromatic heterocycles. The first-order valence-corrected chi connectivity index (χ1v) is 8.22. The molecule has 0 atom stereocenters. The number of pyridine rings is 1. The number of esters is 1. The number of ether oxygens (including phenoxy) is 2. The third kappa shape index (κ3) is 2.81. The normalized spacial score (nSPS) is 11.0. The highest BCUT2D eigenvalue weighted by Crippen LogP contribution is 2.34. The Labute approximate surface area is 157 Å². The lowest BCUT2D eigenvalue weighted by Crippen LogP contribution is -2.13. The van der Waals surface area contributed by atoms with Crippen LogP contribution in [0.4, 0.5) is 13.2 Å². The third-order valence-electron chi connectivity index (χ3n) is 4.29. The fourth-order valence-corrected chi connectivity index (χ4v) is 3.04. The van der Waals surface area contributed by atoms with E-state index in [1.807, 2.05) is 0 Å². The Hall–Kier alpha value is -3.61. The van der Waals surface area contributed by atoms with E-state index in [1.165, 1.54) is 7.11 Å². The van der Waals surface area contributed by atoms with Crippen molar-refractivity contribution in [3.05, 3.63) is 77.6 Å². The van der Waals surface area contributed by atoms with Crippen LogP contribution in [0, 0.1) is 17.5 Å². The summed E-state index contributed by atoms with van der Waals surface area (Å²) in [7, 11) is 1.42. The van der Waals surface area contributed by atoms with Crippen molar-refractivity contribution in [2.75, 3.05) is 7.11 Å². The van der Waals surface area contributed by atoms with Crippen molar-refractivity contribution in [2.45, 2.75) is 0 Å². The summed E-state index contributed by atoms with van der Waals surface area (Å²) >= 11 is 0. The molecule has 0 amide bonds. The van der Waals surface area contributed by atoms with Gasteiger partial charge < -0.3 is 9.47 Å². The van der Waals surface area contributed by atoms with Crippen LogP contribution in [-0.4, -0.2) is 18.1 Å². The van der Waals surface area contributed by atoms with Gasteiger partial charge in [0.2, 0.25) is 11.6 Å². The highest BCUT2D eigenvalue weighted by molar-refractivity contribution is 6.16. The van der Waals surface area contributed by atoms with E-state index < -0.39 is 29.2 Å². The predicted molar refractivity (Wildman–Crippen MR) is 97.1 cm³/mol. The van der Waals surface area contributed by atoms with Gasteiger partial charge >= 0.3 is 5.97 Å². The zero-order chi connectivity index (χ0) is 19.8. The monoisotopic (exact) mass is 383 g/mol. The average Bonchev–Trinajstić information content (AvgIpc) is 2.71. The van der Waals surface area contributed by atoms with Crippen LogP contribution >= 0.6 is 0 Å². The molecule has 1 heterocycles. The Kier molecular flexibility index (Phi) is 4.35. The van der Waals surface area contributed by atoms with Crippen molar-refractivity contribution in [1.82, 2.24) is 4.98 Å². The molecule has 0 saturated heterocycles. The highest BCUT2D eigenvalue weighted by Gasteiger charge is 2.24. The average molecular weight is 383 g/mol. The Morgan fingerprint density at radius 2 is 1.61 bits per heavy atom. The maximum Gasteiger partial charge on any atom is 0.345 e. The number of halogens is 3. The second-order valence-corrected chi connectivity index (χ2v) is 5.92. The second kappa shape index (κ2) is 6.84. The van der Waals surface area contributed by atoms with Crippen LogP contribution in [0.5, 0.6) is 11.5 Å². The summed E-state index contributed by atoms with van der Waals surface area (Å²) in [5.74, 6) is -5.93.